The summed E-state index contributed by atoms with van der Waals surface area (Å²) >= 11 is -1.86. The van der Waals surface area contributed by atoms with Gasteiger partial charge in [0.1, 0.15) is 0 Å². The summed E-state index contributed by atoms with van der Waals surface area (Å²) in [7, 11) is 0. The minimum atomic E-state index is -1.86. The Balaban J connectivity index is 0.000000232. The molecular weight excluding hydrogens is 1030 g/mol. The molecule has 7 heteroatoms. The topological polar surface area (TPSA) is 56.7 Å². The van der Waals surface area contributed by atoms with Crippen molar-refractivity contribution in [2.75, 3.05) is 0 Å². The first-order valence-electron chi connectivity index (χ1n) is 22.7. The first-order valence-corrected chi connectivity index (χ1v) is 30.1. The second-order valence-corrected chi connectivity index (χ2v) is 30.6. The smallest absolute Gasteiger partial charge is 0.216 e. The van der Waals surface area contributed by atoms with E-state index in [-0.39, 0.29) is 31.4 Å². The Morgan fingerprint density at radius 2 is 1.40 bits per heavy atom. The summed E-state index contributed by atoms with van der Waals surface area (Å²) in [6.07, 6.45) is 3.27. The summed E-state index contributed by atoms with van der Waals surface area (Å²) in [5.74, 6) is 9.07. The number of pyridine rings is 2. The van der Waals surface area contributed by atoms with E-state index in [4.69, 9.17) is 19.4 Å². The molecule has 65 heavy (non-hydrogen) atoms. The molecule has 0 N–H and O–H groups in total. The van der Waals surface area contributed by atoms with Gasteiger partial charge in [-0.2, -0.15) is 0 Å². The Labute approximate surface area is 400 Å². The predicted molar refractivity (Wildman–Crippen MR) is 273 cm³/mol. The molecule has 1 radical (unpaired) electrons. The van der Waals surface area contributed by atoms with Crippen molar-refractivity contribution in [3.05, 3.63) is 162 Å². The van der Waals surface area contributed by atoms with Crippen molar-refractivity contribution in [2.24, 2.45) is 5.92 Å². The molecule has 0 aliphatic carbocycles. The van der Waals surface area contributed by atoms with Gasteiger partial charge in [-0.25, -0.2) is 4.98 Å². The standard InChI is InChI=1S/C40H34N3O.C18H24GeN.Ir/c1-23(2)34-27-15-9-7-13-25(27)26-14-8-10-16-28(26)36(34)43-32-18-12-11-17-31(32)41-38(43)30-20-19-24(3)35-29-21-22-33(40(4,5)6)42-39(29)44-37(30)35;1-14(2)11-16-12-18(15-9-7-6-8-10-15)20-13-17(16)19(3,4)5;/h7-19,21-23H,1-6H3;6-9,12-14H,11H2,1-5H3;/q2*-1;. The second kappa shape index (κ2) is 18.1. The quantitative estimate of drug-likeness (QED) is 0.0907. The fourth-order valence-electron chi connectivity index (χ4n) is 9.32. The maximum absolute atomic E-state index is 6.68. The minimum absolute atomic E-state index is 0. The third kappa shape index (κ3) is 8.74. The van der Waals surface area contributed by atoms with Crippen molar-refractivity contribution in [3.8, 4) is 28.3 Å². The number of para-hydroxylation sites is 2. The minimum Gasteiger partial charge on any atom is -0.486 e. The number of nitrogens with zero attached hydrogens (tertiary/aromatic N) is 4. The first-order chi connectivity index (χ1) is 30.6. The molecular formula is C58H58GeIrN4O-2. The molecule has 0 saturated carbocycles. The van der Waals surface area contributed by atoms with E-state index < -0.39 is 13.3 Å². The molecule has 0 spiro atoms. The number of aryl methyl sites for hydroxylation is 1. The maximum Gasteiger partial charge on any atom is 0.216 e. The van der Waals surface area contributed by atoms with Gasteiger partial charge < -0.3 is 8.98 Å². The predicted octanol–water partition coefficient (Wildman–Crippen LogP) is 15.1. The van der Waals surface area contributed by atoms with Gasteiger partial charge in [0, 0.05) is 42.0 Å². The molecule has 0 atom stereocenters. The number of furan rings is 1. The number of hydrogen-bond acceptors (Lipinski definition) is 4. The van der Waals surface area contributed by atoms with E-state index in [1.165, 1.54) is 32.7 Å². The summed E-state index contributed by atoms with van der Waals surface area (Å²) in [6, 6.07) is 49.5. The summed E-state index contributed by atoms with van der Waals surface area (Å²) in [5.41, 5.74) is 12.4. The van der Waals surface area contributed by atoms with Crippen molar-refractivity contribution in [1.82, 2.24) is 19.5 Å². The van der Waals surface area contributed by atoms with E-state index in [0.717, 1.165) is 73.4 Å². The van der Waals surface area contributed by atoms with Crippen LogP contribution in [0.2, 0.25) is 17.3 Å². The number of benzene rings is 6. The van der Waals surface area contributed by atoms with Gasteiger partial charge >= 0.3 is 126 Å². The van der Waals surface area contributed by atoms with Gasteiger partial charge in [-0.3, -0.25) is 4.98 Å². The van der Waals surface area contributed by atoms with Gasteiger partial charge in [0.2, 0.25) is 5.71 Å². The number of hydrogen-bond donors (Lipinski definition) is 0. The van der Waals surface area contributed by atoms with Gasteiger partial charge in [-0.1, -0.05) is 113 Å². The Morgan fingerprint density at radius 3 is 2.06 bits per heavy atom. The van der Waals surface area contributed by atoms with Crippen molar-refractivity contribution in [1.29, 1.82) is 0 Å². The third-order valence-corrected chi connectivity index (χ3v) is 16.7. The molecule has 10 aromatic rings. The summed E-state index contributed by atoms with van der Waals surface area (Å²) in [6.45, 7) is 17.8. The molecule has 6 aromatic carbocycles. The second-order valence-electron chi connectivity index (χ2n) is 20.1. The average molecular weight is 1090 g/mol. The van der Waals surface area contributed by atoms with E-state index in [0.29, 0.717) is 11.6 Å². The van der Waals surface area contributed by atoms with Gasteiger partial charge in [-0.15, -0.1) is 17.7 Å². The van der Waals surface area contributed by atoms with Gasteiger partial charge in [0.05, 0.1) is 28.1 Å². The number of rotatable bonds is 7. The summed E-state index contributed by atoms with van der Waals surface area (Å²) in [4.78, 5) is 15.0. The van der Waals surface area contributed by atoms with E-state index in [1.807, 2.05) is 18.2 Å². The molecule has 0 fully saturated rings. The fraction of sp³-hybridized carbons (Fsp3) is 0.259. The molecule has 331 valence electrons. The Bertz CT molecular complexity index is 3350. The summed E-state index contributed by atoms with van der Waals surface area (Å²) < 4.78 is 10.6. The van der Waals surface area contributed by atoms with E-state index in [9.17, 15) is 0 Å². The van der Waals surface area contributed by atoms with Crippen LogP contribution in [0.3, 0.4) is 0 Å². The van der Waals surface area contributed by atoms with Crippen molar-refractivity contribution < 1.29 is 24.5 Å². The Kier molecular flexibility index (Phi) is 12.9. The van der Waals surface area contributed by atoms with E-state index in [2.05, 4.69) is 199 Å². The zero-order valence-corrected chi connectivity index (χ0v) is 44.0. The number of fused-ring (bicyclic) bond motifs is 7. The van der Waals surface area contributed by atoms with Crippen LogP contribution in [0.4, 0.5) is 0 Å². The molecule has 5 nitrogen and oxygen atoms in total. The van der Waals surface area contributed by atoms with Crippen LogP contribution in [-0.4, -0.2) is 32.8 Å². The zero-order chi connectivity index (χ0) is 45.1. The van der Waals surface area contributed by atoms with Crippen LogP contribution in [-0.2, 0) is 31.9 Å². The number of imidazole rings is 1. The van der Waals surface area contributed by atoms with Gasteiger partial charge in [0.15, 0.2) is 0 Å². The monoisotopic (exact) mass is 1090 g/mol. The van der Waals surface area contributed by atoms with Gasteiger partial charge in [0.25, 0.3) is 0 Å². The molecule has 10 rings (SSSR count). The molecule has 0 aliphatic heterocycles. The van der Waals surface area contributed by atoms with Crippen LogP contribution in [0.1, 0.15) is 76.8 Å². The molecule has 4 heterocycles. The van der Waals surface area contributed by atoms with Crippen LogP contribution in [0.15, 0.2) is 132 Å². The van der Waals surface area contributed by atoms with E-state index in [1.54, 1.807) is 4.40 Å². The van der Waals surface area contributed by atoms with Crippen LogP contribution >= 0.6 is 0 Å². The van der Waals surface area contributed by atoms with E-state index >= 15 is 0 Å². The summed E-state index contributed by atoms with van der Waals surface area (Å²) in [5, 5.41) is 7.04. The molecule has 0 amide bonds. The number of aromatic nitrogens is 4. The van der Waals surface area contributed by atoms with Crippen LogP contribution in [0, 0.1) is 25.0 Å². The molecule has 0 unspecified atom stereocenters. The zero-order valence-electron chi connectivity index (χ0n) is 39.5. The molecule has 0 aliphatic rings. The molecule has 4 aromatic heterocycles. The van der Waals surface area contributed by atoms with Crippen LogP contribution in [0.5, 0.6) is 0 Å². The van der Waals surface area contributed by atoms with Gasteiger partial charge in [-0.05, 0) is 51.9 Å². The molecule has 0 bridgehead atoms. The Morgan fingerprint density at radius 1 is 0.738 bits per heavy atom. The molecule has 0 saturated heterocycles. The maximum atomic E-state index is 6.68. The third-order valence-electron chi connectivity index (χ3n) is 12.3. The normalized spacial score (nSPS) is 12.1. The average Bonchev–Trinajstić information content (AvgIpc) is 3.85. The SMILES string of the molecule is CC(C)Cc1cc(-c2[c-]cccc2)nc[c]1[Ge]([CH3])([CH3])[CH3].Cc1c[c-]c(-c2nc3ccccc3n2-c2c(C(C)C)c3ccccc3c3ccccc23)c2oc3nc(C(C)(C)C)ccc3c12.[Ir]. The van der Waals surface area contributed by atoms with Crippen LogP contribution < -0.4 is 4.40 Å². The fourth-order valence-corrected chi connectivity index (χ4v) is 12.7. The van der Waals surface area contributed by atoms with Crippen LogP contribution in [0.25, 0.3) is 83.0 Å². The largest absolute Gasteiger partial charge is 0.486 e. The first kappa shape index (κ1) is 46.1. The Hall–Kier alpha value is -5.40. The van der Waals surface area contributed by atoms with Crippen molar-refractivity contribution in [2.45, 2.75) is 90.4 Å². The van der Waals surface area contributed by atoms with Crippen molar-refractivity contribution >= 4 is 72.3 Å². The van der Waals surface area contributed by atoms with Crippen molar-refractivity contribution in [3.63, 3.8) is 0 Å².